The minimum absolute atomic E-state index is 0.226. The Morgan fingerprint density at radius 1 is 1.12 bits per heavy atom. The number of aryl methyl sites for hydroxylation is 1. The second-order valence-electron chi connectivity index (χ2n) is 8.48. The van der Waals surface area contributed by atoms with Crippen molar-refractivity contribution in [2.75, 3.05) is 0 Å². The van der Waals surface area contributed by atoms with Crippen LogP contribution < -0.4 is 0 Å². The van der Waals surface area contributed by atoms with Crippen molar-refractivity contribution in [3.05, 3.63) is 71.3 Å². The van der Waals surface area contributed by atoms with E-state index < -0.39 is 17.7 Å². The van der Waals surface area contributed by atoms with Crippen LogP contribution in [0.3, 0.4) is 0 Å². The first-order valence-electron chi connectivity index (χ1n) is 10.9. The predicted octanol–water partition coefficient (Wildman–Crippen LogP) is 6.17. The van der Waals surface area contributed by atoms with Gasteiger partial charge in [-0.3, -0.25) is 0 Å². The zero-order valence-electron chi connectivity index (χ0n) is 18.7. The number of halogens is 2. The second-order valence-corrected chi connectivity index (χ2v) is 8.48. The van der Waals surface area contributed by atoms with Crippen LogP contribution in [0.4, 0.5) is 8.78 Å². The van der Waals surface area contributed by atoms with Gasteiger partial charge in [-0.1, -0.05) is 57.2 Å². The topological polar surface area (TPSA) is 68.0 Å². The van der Waals surface area contributed by atoms with Crippen LogP contribution >= 0.6 is 0 Å². The molecule has 170 valence electrons. The third-order valence-corrected chi connectivity index (χ3v) is 5.31. The summed E-state index contributed by atoms with van der Waals surface area (Å²) in [6, 6.07) is 14.3. The van der Waals surface area contributed by atoms with E-state index in [0.717, 1.165) is 23.1 Å². The van der Waals surface area contributed by atoms with Gasteiger partial charge in [0, 0.05) is 12.8 Å². The van der Waals surface area contributed by atoms with Crippen molar-refractivity contribution >= 4 is 5.97 Å². The standard InChI is InChI=1S/C25H29F2N3O2/c1-4-14-25(26,27)24-28-22(13-8-17(2)3)30(29-24)16-18-9-11-19(12-10-18)20-6-5-7-21(15-20)23(31)32/h5-7,9-12,15,17H,4,8,13-14,16H2,1-3H3,(H,31,32). The first-order chi connectivity index (χ1) is 15.2. The molecule has 3 rings (SSSR count). The molecule has 0 saturated carbocycles. The number of benzene rings is 2. The Balaban J connectivity index is 1.84. The zero-order chi connectivity index (χ0) is 23.3. The van der Waals surface area contributed by atoms with Crippen LogP contribution in [0.15, 0.2) is 48.5 Å². The van der Waals surface area contributed by atoms with Gasteiger partial charge in [0.15, 0.2) is 0 Å². The van der Waals surface area contributed by atoms with Crippen molar-refractivity contribution < 1.29 is 18.7 Å². The van der Waals surface area contributed by atoms with Crippen LogP contribution in [0.2, 0.25) is 0 Å². The molecular formula is C25H29F2N3O2. The highest BCUT2D eigenvalue weighted by atomic mass is 19.3. The lowest BCUT2D eigenvalue weighted by molar-refractivity contribution is -0.0232. The van der Waals surface area contributed by atoms with Gasteiger partial charge in [-0.15, -0.1) is 5.10 Å². The number of nitrogens with zero attached hydrogens (tertiary/aromatic N) is 3. The van der Waals surface area contributed by atoms with Gasteiger partial charge >= 0.3 is 11.9 Å². The SMILES string of the molecule is CCCC(F)(F)c1nc(CCC(C)C)n(Cc2ccc(-c3cccc(C(=O)O)c3)cc2)n1. The molecule has 3 aromatic rings. The quantitative estimate of drug-likeness (QED) is 0.408. The van der Waals surface area contributed by atoms with Crippen LogP contribution in [-0.2, 0) is 18.9 Å². The fourth-order valence-corrected chi connectivity index (χ4v) is 3.49. The molecule has 0 aliphatic rings. The maximum absolute atomic E-state index is 14.4. The molecule has 7 heteroatoms. The highest BCUT2D eigenvalue weighted by Crippen LogP contribution is 2.31. The summed E-state index contributed by atoms with van der Waals surface area (Å²) in [7, 11) is 0. The van der Waals surface area contributed by atoms with Gasteiger partial charge in [-0.2, -0.15) is 8.78 Å². The van der Waals surface area contributed by atoms with Gasteiger partial charge in [0.25, 0.3) is 0 Å². The molecule has 0 unspecified atom stereocenters. The molecule has 1 aromatic heterocycles. The van der Waals surface area contributed by atoms with Gasteiger partial charge in [0.05, 0.1) is 12.1 Å². The molecule has 5 nitrogen and oxygen atoms in total. The summed E-state index contributed by atoms with van der Waals surface area (Å²) in [6.07, 6.45) is 1.52. The maximum atomic E-state index is 14.4. The summed E-state index contributed by atoms with van der Waals surface area (Å²) in [6.45, 7) is 6.24. The molecule has 0 spiro atoms. The molecule has 0 aliphatic carbocycles. The van der Waals surface area contributed by atoms with E-state index in [0.29, 0.717) is 31.1 Å². The smallest absolute Gasteiger partial charge is 0.335 e. The predicted molar refractivity (Wildman–Crippen MR) is 120 cm³/mol. The minimum atomic E-state index is -3.04. The van der Waals surface area contributed by atoms with Crippen molar-refractivity contribution in [2.24, 2.45) is 5.92 Å². The third-order valence-electron chi connectivity index (χ3n) is 5.31. The number of alkyl halides is 2. The molecule has 32 heavy (non-hydrogen) atoms. The summed E-state index contributed by atoms with van der Waals surface area (Å²) in [5, 5.41) is 13.4. The highest BCUT2D eigenvalue weighted by molar-refractivity contribution is 5.89. The summed E-state index contributed by atoms with van der Waals surface area (Å²) in [5.41, 5.74) is 2.82. The number of rotatable bonds is 10. The molecule has 0 saturated heterocycles. The van der Waals surface area contributed by atoms with E-state index in [9.17, 15) is 18.7 Å². The van der Waals surface area contributed by atoms with Gasteiger partial charge < -0.3 is 5.11 Å². The Labute approximate surface area is 187 Å². The van der Waals surface area contributed by atoms with Crippen LogP contribution in [-0.4, -0.2) is 25.8 Å². The molecule has 0 radical (unpaired) electrons. The first kappa shape index (κ1) is 23.6. The van der Waals surface area contributed by atoms with Crippen molar-refractivity contribution in [1.82, 2.24) is 14.8 Å². The van der Waals surface area contributed by atoms with E-state index in [1.54, 1.807) is 29.8 Å². The van der Waals surface area contributed by atoms with E-state index in [-0.39, 0.29) is 12.0 Å². The minimum Gasteiger partial charge on any atom is -0.478 e. The lowest BCUT2D eigenvalue weighted by atomic mass is 10.0. The average Bonchev–Trinajstić information content (AvgIpc) is 3.16. The Bertz CT molecular complexity index is 1060. The van der Waals surface area contributed by atoms with E-state index in [2.05, 4.69) is 23.9 Å². The number of carbonyl (C=O) groups is 1. The summed E-state index contributed by atoms with van der Waals surface area (Å²) >= 11 is 0. The molecule has 0 amide bonds. The van der Waals surface area contributed by atoms with Gasteiger partial charge in [-0.05, 0) is 47.6 Å². The van der Waals surface area contributed by atoms with Crippen LogP contribution in [0.1, 0.15) is 67.6 Å². The monoisotopic (exact) mass is 441 g/mol. The van der Waals surface area contributed by atoms with Crippen molar-refractivity contribution in [3.8, 4) is 11.1 Å². The molecule has 0 bridgehead atoms. The van der Waals surface area contributed by atoms with E-state index in [1.165, 1.54) is 0 Å². The van der Waals surface area contributed by atoms with Crippen molar-refractivity contribution in [3.63, 3.8) is 0 Å². The molecular weight excluding hydrogens is 412 g/mol. The maximum Gasteiger partial charge on any atom is 0.335 e. The summed E-state index contributed by atoms with van der Waals surface area (Å²) in [5.74, 6) is -3.41. The van der Waals surface area contributed by atoms with Crippen molar-refractivity contribution in [2.45, 2.75) is 58.9 Å². The molecule has 0 fully saturated rings. The van der Waals surface area contributed by atoms with Gasteiger partial charge in [0.1, 0.15) is 5.82 Å². The lowest BCUT2D eigenvalue weighted by Gasteiger charge is -2.10. The number of carboxylic acid groups (broad SMARTS) is 1. The van der Waals surface area contributed by atoms with Crippen LogP contribution in [0.5, 0.6) is 0 Å². The summed E-state index contributed by atoms with van der Waals surface area (Å²) in [4.78, 5) is 15.4. The molecule has 1 N–H and O–H groups in total. The van der Waals surface area contributed by atoms with Crippen LogP contribution in [0, 0.1) is 5.92 Å². The van der Waals surface area contributed by atoms with Crippen LogP contribution in [0.25, 0.3) is 11.1 Å². The Kier molecular flexibility index (Phi) is 7.38. The number of hydrogen-bond donors (Lipinski definition) is 1. The summed E-state index contributed by atoms with van der Waals surface area (Å²) < 4.78 is 30.5. The normalized spacial score (nSPS) is 11.8. The Hall–Kier alpha value is -3.09. The van der Waals surface area contributed by atoms with Gasteiger partial charge in [0.2, 0.25) is 5.82 Å². The molecule has 2 aromatic carbocycles. The fraction of sp³-hybridized carbons (Fsp3) is 0.400. The number of aromatic carboxylic acids is 1. The number of carboxylic acids is 1. The third kappa shape index (κ3) is 5.78. The van der Waals surface area contributed by atoms with Gasteiger partial charge in [-0.25, -0.2) is 14.5 Å². The Morgan fingerprint density at radius 3 is 2.47 bits per heavy atom. The fourth-order valence-electron chi connectivity index (χ4n) is 3.49. The van der Waals surface area contributed by atoms with E-state index >= 15 is 0 Å². The Morgan fingerprint density at radius 2 is 1.84 bits per heavy atom. The second kappa shape index (κ2) is 10.0. The molecule has 0 atom stereocenters. The molecule has 1 heterocycles. The van der Waals surface area contributed by atoms with E-state index in [4.69, 9.17) is 0 Å². The highest BCUT2D eigenvalue weighted by Gasteiger charge is 2.36. The first-order valence-corrected chi connectivity index (χ1v) is 10.9. The number of hydrogen-bond acceptors (Lipinski definition) is 3. The zero-order valence-corrected chi connectivity index (χ0v) is 18.7. The number of aromatic nitrogens is 3. The molecule has 0 aliphatic heterocycles. The largest absolute Gasteiger partial charge is 0.478 e. The van der Waals surface area contributed by atoms with E-state index in [1.807, 2.05) is 30.3 Å². The average molecular weight is 442 g/mol. The lowest BCUT2D eigenvalue weighted by Crippen LogP contribution is -2.15. The van der Waals surface area contributed by atoms with Crippen molar-refractivity contribution in [1.29, 1.82) is 0 Å².